The van der Waals surface area contributed by atoms with Gasteiger partial charge in [0, 0.05) is 17.1 Å². The Kier molecular flexibility index (Phi) is 7.56. The van der Waals surface area contributed by atoms with E-state index in [4.69, 9.17) is 0 Å². The number of nitrogens with zero attached hydrogens (tertiary/aromatic N) is 3. The topological polar surface area (TPSA) is 71.8 Å². The molecule has 2 N–H and O–H groups in total. The van der Waals surface area contributed by atoms with Gasteiger partial charge < -0.3 is 10.6 Å². The van der Waals surface area contributed by atoms with Crippen molar-refractivity contribution in [3.8, 4) is 5.69 Å². The van der Waals surface area contributed by atoms with Crippen LogP contribution in [0.25, 0.3) is 5.69 Å². The summed E-state index contributed by atoms with van der Waals surface area (Å²) in [5, 5.41) is 15.8. The maximum Gasteiger partial charge on any atom is 0.237 e. The molecular weight excluding hydrogens is 454 g/mol. The lowest BCUT2D eigenvalue weighted by Crippen LogP contribution is -2.24. The van der Waals surface area contributed by atoms with Gasteiger partial charge in [0.15, 0.2) is 11.0 Å². The molecule has 1 amide bonds. The van der Waals surface area contributed by atoms with Crippen molar-refractivity contribution in [2.24, 2.45) is 0 Å². The lowest BCUT2D eigenvalue weighted by Gasteiger charge is -2.16. The van der Waals surface area contributed by atoms with Crippen LogP contribution in [0.4, 0.5) is 11.4 Å². The Morgan fingerprint density at radius 3 is 2.11 bits per heavy atom. The van der Waals surface area contributed by atoms with Crippen LogP contribution in [0.3, 0.4) is 0 Å². The zero-order valence-corrected chi connectivity index (χ0v) is 21.6. The minimum Gasteiger partial charge on any atom is -0.378 e. The molecule has 6 nitrogen and oxygen atoms in total. The van der Waals surface area contributed by atoms with Gasteiger partial charge >= 0.3 is 0 Å². The molecule has 3 aromatic carbocycles. The molecule has 1 unspecified atom stereocenters. The van der Waals surface area contributed by atoms with Gasteiger partial charge in [-0.3, -0.25) is 9.36 Å². The number of nitrogens with one attached hydrogen (secondary N) is 2. The Morgan fingerprint density at radius 1 is 0.886 bits per heavy atom. The minimum atomic E-state index is -0.361. The number of hydrogen-bond donors (Lipinski definition) is 2. The fourth-order valence-corrected chi connectivity index (χ4v) is 4.63. The molecule has 1 aromatic heterocycles. The normalized spacial score (nSPS) is 11.8. The van der Waals surface area contributed by atoms with Crippen LogP contribution >= 0.6 is 11.8 Å². The van der Waals surface area contributed by atoms with E-state index < -0.39 is 0 Å². The van der Waals surface area contributed by atoms with Crippen molar-refractivity contribution < 1.29 is 4.79 Å². The molecule has 0 bridgehead atoms. The van der Waals surface area contributed by atoms with E-state index in [1.54, 1.807) is 0 Å². The van der Waals surface area contributed by atoms with Crippen LogP contribution in [-0.2, 0) is 11.3 Å². The van der Waals surface area contributed by atoms with E-state index in [0.717, 1.165) is 34.0 Å². The Balaban J connectivity index is 1.57. The summed E-state index contributed by atoms with van der Waals surface area (Å²) in [6, 6.07) is 22.5. The first-order chi connectivity index (χ1) is 16.8. The quantitative estimate of drug-likeness (QED) is 0.289. The molecule has 0 saturated carbocycles. The second kappa shape index (κ2) is 10.8. The first-order valence-corrected chi connectivity index (χ1v) is 12.6. The third-order valence-electron chi connectivity index (χ3n) is 5.88. The number of amides is 1. The highest BCUT2D eigenvalue weighted by Crippen LogP contribution is 2.28. The lowest BCUT2D eigenvalue weighted by molar-refractivity contribution is -0.115. The van der Waals surface area contributed by atoms with Crippen molar-refractivity contribution in [1.82, 2.24) is 14.8 Å². The van der Waals surface area contributed by atoms with Crippen molar-refractivity contribution in [2.45, 2.75) is 51.6 Å². The minimum absolute atomic E-state index is 0.0646. The van der Waals surface area contributed by atoms with Gasteiger partial charge in [0.05, 0.1) is 11.8 Å². The van der Waals surface area contributed by atoms with Crippen molar-refractivity contribution in [3.05, 3.63) is 94.8 Å². The number of hydrogen-bond acceptors (Lipinski definition) is 5. The zero-order chi connectivity index (χ0) is 24.9. The smallest absolute Gasteiger partial charge is 0.237 e. The molecule has 4 aromatic rings. The van der Waals surface area contributed by atoms with E-state index in [9.17, 15) is 4.79 Å². The van der Waals surface area contributed by atoms with Gasteiger partial charge in [0.25, 0.3) is 0 Å². The van der Waals surface area contributed by atoms with E-state index in [-0.39, 0.29) is 11.2 Å². The summed E-state index contributed by atoms with van der Waals surface area (Å²) < 4.78 is 2.02. The van der Waals surface area contributed by atoms with Gasteiger partial charge in [0.1, 0.15) is 0 Å². The Labute approximate surface area is 211 Å². The van der Waals surface area contributed by atoms with Crippen LogP contribution in [0.2, 0.25) is 0 Å². The molecule has 0 aliphatic rings. The van der Waals surface area contributed by atoms with Crippen molar-refractivity contribution in [1.29, 1.82) is 0 Å². The van der Waals surface area contributed by atoms with Crippen molar-refractivity contribution in [2.75, 3.05) is 10.6 Å². The monoisotopic (exact) mass is 485 g/mol. The number of aromatic nitrogens is 3. The summed E-state index contributed by atoms with van der Waals surface area (Å²) in [5.74, 6) is 0.712. The summed E-state index contributed by atoms with van der Waals surface area (Å²) >= 11 is 1.40. The second-order valence-corrected chi connectivity index (χ2v) is 10.1. The SMILES string of the molecule is Cc1ccc(NCc2nnc(SC(C)C(=O)Nc3c(C)cccc3C)n2-c2ccc(C)cc2)cc1. The summed E-state index contributed by atoms with van der Waals surface area (Å²) in [6.45, 7) is 10.5. The second-order valence-electron chi connectivity index (χ2n) is 8.81. The lowest BCUT2D eigenvalue weighted by atomic mass is 10.1. The molecule has 0 radical (unpaired) electrons. The molecule has 1 atom stereocenters. The van der Waals surface area contributed by atoms with Crippen molar-refractivity contribution >= 4 is 29.0 Å². The highest BCUT2D eigenvalue weighted by molar-refractivity contribution is 8.00. The van der Waals surface area contributed by atoms with E-state index >= 15 is 0 Å². The van der Waals surface area contributed by atoms with Gasteiger partial charge in [-0.15, -0.1) is 10.2 Å². The van der Waals surface area contributed by atoms with Crippen LogP contribution in [0.15, 0.2) is 71.9 Å². The van der Waals surface area contributed by atoms with Crippen LogP contribution < -0.4 is 10.6 Å². The molecule has 0 fully saturated rings. The van der Waals surface area contributed by atoms with Gasteiger partial charge in [0.2, 0.25) is 5.91 Å². The average molecular weight is 486 g/mol. The predicted octanol–water partition coefficient (Wildman–Crippen LogP) is 6.23. The van der Waals surface area contributed by atoms with Gasteiger partial charge in [-0.05, 0) is 70.0 Å². The average Bonchev–Trinajstić information content (AvgIpc) is 3.23. The Hall–Kier alpha value is -3.58. The van der Waals surface area contributed by atoms with E-state index in [1.807, 2.05) is 43.5 Å². The van der Waals surface area contributed by atoms with E-state index in [2.05, 4.69) is 83.2 Å². The van der Waals surface area contributed by atoms with E-state index in [0.29, 0.717) is 11.7 Å². The maximum atomic E-state index is 13.1. The Morgan fingerprint density at radius 2 is 1.49 bits per heavy atom. The number of benzene rings is 3. The summed E-state index contributed by atoms with van der Waals surface area (Å²) in [7, 11) is 0. The number of aryl methyl sites for hydroxylation is 4. The first-order valence-electron chi connectivity index (χ1n) is 11.7. The predicted molar refractivity (Wildman–Crippen MR) is 144 cm³/mol. The van der Waals surface area contributed by atoms with Crippen LogP contribution in [0.5, 0.6) is 0 Å². The maximum absolute atomic E-state index is 13.1. The molecule has 7 heteroatoms. The van der Waals surface area contributed by atoms with Crippen molar-refractivity contribution in [3.63, 3.8) is 0 Å². The number of rotatable bonds is 8. The van der Waals surface area contributed by atoms with Gasteiger partial charge in [-0.1, -0.05) is 65.4 Å². The van der Waals surface area contributed by atoms with Crippen LogP contribution in [0.1, 0.15) is 35.0 Å². The summed E-state index contributed by atoms with van der Waals surface area (Å²) in [5.41, 5.74) is 7.33. The highest BCUT2D eigenvalue weighted by atomic mass is 32.2. The molecule has 180 valence electrons. The number of carbonyl (C=O) groups excluding carboxylic acids is 1. The first kappa shape index (κ1) is 24.5. The molecule has 0 aliphatic carbocycles. The molecule has 0 spiro atoms. The third kappa shape index (κ3) is 5.92. The molecule has 35 heavy (non-hydrogen) atoms. The number of para-hydroxylation sites is 1. The van der Waals surface area contributed by atoms with Crippen LogP contribution in [0, 0.1) is 27.7 Å². The molecular formula is C28H31N5OS. The third-order valence-corrected chi connectivity index (χ3v) is 6.92. The van der Waals surface area contributed by atoms with Gasteiger partial charge in [-0.25, -0.2) is 0 Å². The zero-order valence-electron chi connectivity index (χ0n) is 20.8. The Bertz CT molecular complexity index is 1290. The fourth-order valence-electron chi connectivity index (χ4n) is 3.74. The fraction of sp³-hybridized carbons (Fsp3) is 0.250. The van der Waals surface area contributed by atoms with E-state index in [1.165, 1.54) is 22.9 Å². The molecule has 1 heterocycles. The molecule has 0 saturated heterocycles. The summed E-state index contributed by atoms with van der Waals surface area (Å²) in [6.07, 6.45) is 0. The molecule has 0 aliphatic heterocycles. The number of anilines is 2. The number of thioether (sulfide) groups is 1. The highest BCUT2D eigenvalue weighted by Gasteiger charge is 2.22. The van der Waals surface area contributed by atoms with Crippen LogP contribution in [-0.4, -0.2) is 25.9 Å². The molecule has 4 rings (SSSR count). The number of carbonyl (C=O) groups is 1. The summed E-state index contributed by atoms with van der Waals surface area (Å²) in [4.78, 5) is 13.1. The van der Waals surface area contributed by atoms with Gasteiger partial charge in [-0.2, -0.15) is 0 Å². The largest absolute Gasteiger partial charge is 0.378 e. The standard InChI is InChI=1S/C28H31N5OS/c1-18-9-13-23(14-10-18)29-17-25-31-32-28(33(25)24-15-11-19(2)12-16-24)35-22(5)27(34)30-26-20(3)7-6-8-21(26)4/h6-16,22,29H,17H2,1-5H3,(H,30,34).